The highest BCUT2D eigenvalue weighted by Gasteiger charge is 2.06. The van der Waals surface area contributed by atoms with Crippen LogP contribution < -0.4 is 0 Å². The Morgan fingerprint density at radius 3 is 2.43 bits per heavy atom. The van der Waals surface area contributed by atoms with Crippen LogP contribution in [0.25, 0.3) is 16.8 Å². The molecule has 0 aliphatic heterocycles. The third kappa shape index (κ3) is 3.63. The summed E-state index contributed by atoms with van der Waals surface area (Å²) in [5.41, 5.74) is 3.16. The molecule has 0 aliphatic carbocycles. The number of hydrogen-bond donors (Lipinski definition) is 2. The lowest BCUT2D eigenvalue weighted by Gasteiger charge is -2.08. The Kier molecular flexibility index (Phi) is 4.49. The molecule has 0 radical (unpaired) electrons. The van der Waals surface area contributed by atoms with Gasteiger partial charge in [0.15, 0.2) is 0 Å². The Labute approximate surface area is 140 Å². The molecule has 0 saturated heterocycles. The maximum absolute atomic E-state index is 11.0. The van der Waals surface area contributed by atoms with Crippen LogP contribution in [0.1, 0.15) is 16.7 Å². The quantitative estimate of drug-likeness (QED) is 0.536. The van der Waals surface area contributed by atoms with E-state index in [1.165, 1.54) is 16.3 Å². The third-order valence-electron chi connectivity index (χ3n) is 3.77. The van der Waals surface area contributed by atoms with E-state index in [2.05, 4.69) is 43.0 Å². The largest absolute Gasteiger partial charge is 0.477 e. The molecule has 0 atom stereocenters. The van der Waals surface area contributed by atoms with Crippen molar-refractivity contribution in [3.05, 3.63) is 88.3 Å². The van der Waals surface area contributed by atoms with Gasteiger partial charge in [-0.15, -0.1) is 12.6 Å². The fourth-order valence-electron chi connectivity index (χ4n) is 2.61. The maximum atomic E-state index is 11.0. The van der Waals surface area contributed by atoms with Crippen molar-refractivity contribution in [3.63, 3.8) is 0 Å². The van der Waals surface area contributed by atoms with Gasteiger partial charge in [-0.1, -0.05) is 66.7 Å². The van der Waals surface area contributed by atoms with Gasteiger partial charge in [0.25, 0.3) is 0 Å². The van der Waals surface area contributed by atoms with Crippen molar-refractivity contribution in [1.82, 2.24) is 0 Å². The maximum Gasteiger partial charge on any atom is 0.341 e. The molecule has 0 bridgehead atoms. The van der Waals surface area contributed by atoms with Gasteiger partial charge in [-0.2, -0.15) is 0 Å². The molecule has 0 amide bonds. The zero-order valence-corrected chi connectivity index (χ0v) is 13.3. The number of fused-ring (bicyclic) bond motifs is 1. The lowest BCUT2D eigenvalue weighted by molar-refractivity contribution is -0.131. The molecule has 0 heterocycles. The van der Waals surface area contributed by atoms with Gasteiger partial charge in [-0.3, -0.25) is 0 Å². The first-order valence-corrected chi connectivity index (χ1v) is 7.78. The fraction of sp³-hybridized carbons (Fsp3) is 0.0500. The summed E-state index contributed by atoms with van der Waals surface area (Å²) in [4.78, 5) is 11.0. The van der Waals surface area contributed by atoms with Gasteiger partial charge in [0.1, 0.15) is 0 Å². The van der Waals surface area contributed by atoms with E-state index in [0.717, 1.165) is 17.5 Å². The molecule has 0 saturated carbocycles. The number of carbonyl (C=O) groups is 1. The summed E-state index contributed by atoms with van der Waals surface area (Å²) in [6.07, 6.45) is 2.35. The fourth-order valence-corrected chi connectivity index (χ4v) is 2.75. The van der Waals surface area contributed by atoms with Crippen LogP contribution in [0.15, 0.2) is 71.6 Å². The van der Waals surface area contributed by atoms with Gasteiger partial charge in [-0.25, -0.2) is 4.79 Å². The van der Waals surface area contributed by atoms with E-state index in [-0.39, 0.29) is 4.91 Å². The summed E-state index contributed by atoms with van der Waals surface area (Å²) in [5, 5.41) is 11.4. The Balaban J connectivity index is 1.95. The monoisotopic (exact) mass is 320 g/mol. The number of rotatable bonds is 4. The van der Waals surface area contributed by atoms with Crippen LogP contribution in [0.5, 0.6) is 0 Å². The van der Waals surface area contributed by atoms with Gasteiger partial charge in [0, 0.05) is 0 Å². The highest BCUT2D eigenvalue weighted by molar-refractivity contribution is 7.85. The van der Waals surface area contributed by atoms with Gasteiger partial charge < -0.3 is 5.11 Å². The topological polar surface area (TPSA) is 37.3 Å². The number of carboxylic acid groups (broad SMARTS) is 1. The summed E-state index contributed by atoms with van der Waals surface area (Å²) >= 11 is 4.02. The number of thiol groups is 1. The average molecular weight is 320 g/mol. The Bertz CT molecular complexity index is 897. The van der Waals surface area contributed by atoms with E-state index in [1.807, 2.05) is 36.4 Å². The van der Waals surface area contributed by atoms with E-state index in [4.69, 9.17) is 5.11 Å². The van der Waals surface area contributed by atoms with Crippen LogP contribution >= 0.6 is 12.6 Å². The SMILES string of the molecule is O=C(O)/C(S)=C/c1ccccc1Cc1ccc2ccccc2c1. The van der Waals surface area contributed by atoms with Crippen LogP contribution in [0.4, 0.5) is 0 Å². The second kappa shape index (κ2) is 6.71. The second-order valence-corrected chi connectivity index (χ2v) is 5.87. The van der Waals surface area contributed by atoms with Crippen molar-refractivity contribution in [2.24, 2.45) is 0 Å². The molecular weight excluding hydrogens is 304 g/mol. The van der Waals surface area contributed by atoms with Crippen molar-refractivity contribution >= 4 is 35.4 Å². The van der Waals surface area contributed by atoms with Gasteiger partial charge in [-0.05, 0) is 40.0 Å². The standard InChI is InChI=1S/C20H16O2S/c21-20(22)19(23)13-18-8-4-3-7-17(18)12-14-9-10-15-5-1-2-6-16(15)11-14/h1-11,13,23H,12H2,(H,21,22)/b19-13-. The van der Waals surface area contributed by atoms with E-state index in [1.54, 1.807) is 6.08 Å². The first-order chi connectivity index (χ1) is 11.1. The molecule has 0 aliphatic rings. The van der Waals surface area contributed by atoms with Crippen molar-refractivity contribution in [3.8, 4) is 0 Å². The summed E-state index contributed by atoms with van der Waals surface area (Å²) in [6, 6.07) is 22.5. The van der Waals surface area contributed by atoms with Crippen molar-refractivity contribution in [2.45, 2.75) is 6.42 Å². The van der Waals surface area contributed by atoms with Crippen LogP contribution in [-0.4, -0.2) is 11.1 Å². The molecule has 3 aromatic rings. The molecule has 2 nitrogen and oxygen atoms in total. The molecule has 3 aromatic carbocycles. The summed E-state index contributed by atoms with van der Waals surface area (Å²) in [7, 11) is 0. The van der Waals surface area contributed by atoms with E-state index in [9.17, 15) is 4.79 Å². The Morgan fingerprint density at radius 1 is 0.957 bits per heavy atom. The molecule has 0 fully saturated rings. The number of benzene rings is 3. The average Bonchev–Trinajstić information content (AvgIpc) is 2.56. The normalized spacial score (nSPS) is 11.6. The van der Waals surface area contributed by atoms with Gasteiger partial charge >= 0.3 is 5.97 Å². The van der Waals surface area contributed by atoms with Crippen LogP contribution in [0.3, 0.4) is 0 Å². The minimum atomic E-state index is -1.02. The van der Waals surface area contributed by atoms with Crippen molar-refractivity contribution < 1.29 is 9.90 Å². The molecule has 114 valence electrons. The summed E-state index contributed by atoms with van der Waals surface area (Å²) in [6.45, 7) is 0. The molecule has 3 rings (SSSR count). The highest BCUT2D eigenvalue weighted by atomic mass is 32.1. The first kappa shape index (κ1) is 15.4. The highest BCUT2D eigenvalue weighted by Crippen LogP contribution is 2.21. The number of hydrogen-bond acceptors (Lipinski definition) is 2. The minimum absolute atomic E-state index is 0.0379. The predicted octanol–water partition coefficient (Wildman–Crippen LogP) is 4.79. The number of aliphatic carboxylic acids is 1. The smallest absolute Gasteiger partial charge is 0.341 e. The minimum Gasteiger partial charge on any atom is -0.477 e. The van der Waals surface area contributed by atoms with Gasteiger partial charge in [0.2, 0.25) is 0 Å². The Morgan fingerprint density at radius 2 is 1.65 bits per heavy atom. The van der Waals surface area contributed by atoms with E-state index < -0.39 is 5.97 Å². The molecule has 1 N–H and O–H groups in total. The predicted molar refractivity (Wildman–Crippen MR) is 97.8 cm³/mol. The summed E-state index contributed by atoms with van der Waals surface area (Å²) < 4.78 is 0. The molecule has 0 spiro atoms. The zero-order chi connectivity index (χ0) is 16.2. The van der Waals surface area contributed by atoms with Crippen molar-refractivity contribution in [2.75, 3.05) is 0 Å². The Hall–Kier alpha value is -2.52. The van der Waals surface area contributed by atoms with E-state index in [0.29, 0.717) is 0 Å². The van der Waals surface area contributed by atoms with Gasteiger partial charge in [0.05, 0.1) is 4.91 Å². The molecule has 3 heteroatoms. The molecule has 0 unspecified atom stereocenters. The lowest BCUT2D eigenvalue weighted by Crippen LogP contribution is -1.96. The first-order valence-electron chi connectivity index (χ1n) is 7.33. The van der Waals surface area contributed by atoms with Crippen LogP contribution in [0.2, 0.25) is 0 Å². The van der Waals surface area contributed by atoms with Crippen LogP contribution in [0, 0.1) is 0 Å². The van der Waals surface area contributed by atoms with Crippen molar-refractivity contribution in [1.29, 1.82) is 0 Å². The third-order valence-corrected chi connectivity index (χ3v) is 4.10. The molecule has 0 aromatic heterocycles. The zero-order valence-electron chi connectivity index (χ0n) is 12.4. The number of carboxylic acids is 1. The molecule has 23 heavy (non-hydrogen) atoms. The summed E-state index contributed by atoms with van der Waals surface area (Å²) in [5.74, 6) is -1.02. The lowest BCUT2D eigenvalue weighted by atomic mass is 9.97. The van der Waals surface area contributed by atoms with Crippen LogP contribution in [-0.2, 0) is 11.2 Å². The van der Waals surface area contributed by atoms with E-state index >= 15 is 0 Å². The second-order valence-electron chi connectivity index (χ2n) is 5.39. The molecular formula is C20H16O2S.